The summed E-state index contributed by atoms with van der Waals surface area (Å²) in [5.74, 6) is -0.570. The summed E-state index contributed by atoms with van der Waals surface area (Å²) in [5, 5.41) is 0.784. The van der Waals surface area contributed by atoms with E-state index in [2.05, 4.69) is 0 Å². The molecule has 0 fully saturated rings. The van der Waals surface area contributed by atoms with Crippen molar-refractivity contribution in [1.82, 2.24) is 0 Å². The van der Waals surface area contributed by atoms with Crippen molar-refractivity contribution in [1.29, 1.82) is 0 Å². The van der Waals surface area contributed by atoms with Gasteiger partial charge in [-0.05, 0) is 24.6 Å². The molecule has 5 heteroatoms. The Morgan fingerprint density at radius 1 is 1.21 bits per heavy atom. The van der Waals surface area contributed by atoms with E-state index in [4.69, 9.17) is 27.9 Å². The van der Waals surface area contributed by atoms with E-state index in [0.29, 0.717) is 22.2 Å². The van der Waals surface area contributed by atoms with E-state index in [1.165, 1.54) is 6.07 Å². The molecular weight excluding hydrogens is 287 g/mol. The number of hydrogen-bond acceptors (Lipinski definition) is 3. The number of esters is 1. The van der Waals surface area contributed by atoms with Crippen molar-refractivity contribution in [3.05, 3.63) is 33.8 Å². The van der Waals surface area contributed by atoms with E-state index in [-0.39, 0.29) is 24.6 Å². The average molecular weight is 303 g/mol. The minimum atomic E-state index is -0.361. The summed E-state index contributed by atoms with van der Waals surface area (Å²) < 4.78 is 4.97. The van der Waals surface area contributed by atoms with E-state index < -0.39 is 0 Å². The fraction of sp³-hybridized carbons (Fsp3) is 0.429. The number of carbonyl (C=O) groups is 2. The maximum absolute atomic E-state index is 11.9. The highest BCUT2D eigenvalue weighted by Gasteiger charge is 2.13. The number of benzene rings is 1. The minimum Gasteiger partial charge on any atom is -0.466 e. The van der Waals surface area contributed by atoms with Crippen LogP contribution in [0.4, 0.5) is 0 Å². The van der Waals surface area contributed by atoms with Crippen molar-refractivity contribution >= 4 is 35.0 Å². The zero-order chi connectivity index (χ0) is 14.3. The third kappa shape index (κ3) is 5.62. The first-order valence-electron chi connectivity index (χ1n) is 6.18. The largest absolute Gasteiger partial charge is 0.466 e. The standard InChI is InChI=1S/C14H16Cl2O3/c1-2-3-8-19-14(18)7-6-13(17)11-9-10(15)4-5-12(11)16/h4-5,9H,2-3,6-8H2,1H3. The number of ether oxygens (including phenoxy) is 1. The SMILES string of the molecule is CCCCOC(=O)CCC(=O)c1cc(Cl)ccc1Cl. The first-order chi connectivity index (χ1) is 9.04. The van der Waals surface area contributed by atoms with Gasteiger partial charge in [-0.25, -0.2) is 0 Å². The Hall–Kier alpha value is -1.06. The quantitative estimate of drug-likeness (QED) is 0.428. The number of rotatable bonds is 7. The van der Waals surface area contributed by atoms with Crippen molar-refractivity contribution in [2.45, 2.75) is 32.6 Å². The second-order valence-electron chi connectivity index (χ2n) is 4.12. The molecule has 0 amide bonds. The van der Waals surface area contributed by atoms with Crippen LogP contribution < -0.4 is 0 Å². The Morgan fingerprint density at radius 3 is 2.63 bits per heavy atom. The van der Waals surface area contributed by atoms with Crippen molar-refractivity contribution in [2.24, 2.45) is 0 Å². The van der Waals surface area contributed by atoms with Crippen molar-refractivity contribution in [3.8, 4) is 0 Å². The molecule has 0 saturated heterocycles. The first-order valence-corrected chi connectivity index (χ1v) is 6.94. The lowest BCUT2D eigenvalue weighted by atomic mass is 10.1. The Kier molecular flexibility index (Phi) is 6.89. The lowest BCUT2D eigenvalue weighted by Gasteiger charge is -2.05. The van der Waals surface area contributed by atoms with Crippen LogP contribution in [0.15, 0.2) is 18.2 Å². The maximum atomic E-state index is 11.9. The Labute approximate surface area is 122 Å². The highest BCUT2D eigenvalue weighted by molar-refractivity contribution is 6.35. The van der Waals surface area contributed by atoms with Crippen LogP contribution in [0.25, 0.3) is 0 Å². The monoisotopic (exact) mass is 302 g/mol. The minimum absolute atomic E-state index is 0.0609. The number of Topliss-reactive ketones (excluding diaryl/α,β-unsaturated/α-hetero) is 1. The second kappa shape index (κ2) is 8.18. The van der Waals surface area contributed by atoms with Gasteiger partial charge < -0.3 is 4.74 Å². The number of carbonyl (C=O) groups excluding carboxylic acids is 2. The second-order valence-corrected chi connectivity index (χ2v) is 4.97. The van der Waals surface area contributed by atoms with Crippen LogP contribution in [0.2, 0.25) is 10.0 Å². The molecule has 0 radical (unpaired) electrons. The molecule has 0 saturated carbocycles. The van der Waals surface area contributed by atoms with Crippen molar-refractivity contribution < 1.29 is 14.3 Å². The van der Waals surface area contributed by atoms with Gasteiger partial charge in [0.25, 0.3) is 0 Å². The van der Waals surface area contributed by atoms with E-state index in [1.54, 1.807) is 12.1 Å². The van der Waals surface area contributed by atoms with E-state index in [1.807, 2.05) is 6.92 Å². The lowest BCUT2D eigenvalue weighted by molar-refractivity contribution is -0.143. The van der Waals surface area contributed by atoms with Gasteiger partial charge in [0.1, 0.15) is 0 Å². The van der Waals surface area contributed by atoms with E-state index >= 15 is 0 Å². The van der Waals surface area contributed by atoms with Gasteiger partial charge in [-0.3, -0.25) is 9.59 Å². The van der Waals surface area contributed by atoms with Crippen molar-refractivity contribution in [3.63, 3.8) is 0 Å². The number of halogens is 2. The van der Waals surface area contributed by atoms with Crippen molar-refractivity contribution in [2.75, 3.05) is 6.61 Å². The van der Waals surface area contributed by atoms with Crippen LogP contribution in [0.5, 0.6) is 0 Å². The molecule has 0 atom stereocenters. The fourth-order valence-corrected chi connectivity index (χ4v) is 1.86. The molecule has 0 aliphatic heterocycles. The molecule has 3 nitrogen and oxygen atoms in total. The molecule has 1 aromatic rings. The van der Waals surface area contributed by atoms with Gasteiger partial charge in [-0.2, -0.15) is 0 Å². The van der Waals surface area contributed by atoms with Crippen LogP contribution in [0.3, 0.4) is 0 Å². The summed E-state index contributed by atoms with van der Waals surface area (Å²) in [5.41, 5.74) is 0.343. The van der Waals surface area contributed by atoms with E-state index in [0.717, 1.165) is 12.8 Å². The van der Waals surface area contributed by atoms with Gasteiger partial charge in [0, 0.05) is 17.0 Å². The molecule has 0 bridgehead atoms. The molecule has 0 aromatic heterocycles. The average Bonchev–Trinajstić information content (AvgIpc) is 2.39. The first kappa shape index (κ1) is 16.0. The molecule has 104 valence electrons. The summed E-state index contributed by atoms with van der Waals surface area (Å²) in [7, 11) is 0. The molecular formula is C14H16Cl2O3. The highest BCUT2D eigenvalue weighted by atomic mass is 35.5. The van der Waals surface area contributed by atoms with Gasteiger partial charge in [0.2, 0.25) is 0 Å². The van der Waals surface area contributed by atoms with Crippen LogP contribution in [0, 0.1) is 0 Å². The predicted molar refractivity (Wildman–Crippen MR) is 75.9 cm³/mol. The summed E-state index contributed by atoms with van der Waals surface area (Å²) in [6.07, 6.45) is 1.93. The Bertz CT molecular complexity index is 458. The smallest absolute Gasteiger partial charge is 0.306 e. The lowest BCUT2D eigenvalue weighted by Crippen LogP contribution is -2.09. The third-order valence-electron chi connectivity index (χ3n) is 2.55. The van der Waals surface area contributed by atoms with Gasteiger partial charge in [-0.15, -0.1) is 0 Å². The summed E-state index contributed by atoms with van der Waals surface area (Å²) >= 11 is 11.7. The van der Waals surface area contributed by atoms with Gasteiger partial charge in [0.05, 0.1) is 18.1 Å². The third-order valence-corrected chi connectivity index (χ3v) is 3.11. The summed E-state index contributed by atoms with van der Waals surface area (Å²) in [6.45, 7) is 2.42. The molecule has 0 heterocycles. The summed E-state index contributed by atoms with van der Waals surface area (Å²) in [4.78, 5) is 23.3. The topological polar surface area (TPSA) is 43.4 Å². The fourth-order valence-electron chi connectivity index (χ4n) is 1.46. The predicted octanol–water partition coefficient (Wildman–Crippen LogP) is 4.30. The van der Waals surface area contributed by atoms with Gasteiger partial charge in [-0.1, -0.05) is 36.5 Å². The molecule has 0 aliphatic carbocycles. The van der Waals surface area contributed by atoms with Gasteiger partial charge >= 0.3 is 5.97 Å². The number of hydrogen-bond donors (Lipinski definition) is 0. The van der Waals surface area contributed by atoms with Crippen LogP contribution in [-0.4, -0.2) is 18.4 Å². The molecule has 0 unspecified atom stereocenters. The molecule has 0 spiro atoms. The van der Waals surface area contributed by atoms with Crippen LogP contribution in [0.1, 0.15) is 43.0 Å². The van der Waals surface area contributed by atoms with Gasteiger partial charge in [0.15, 0.2) is 5.78 Å². The molecule has 0 aliphatic rings. The normalized spacial score (nSPS) is 10.3. The zero-order valence-corrected chi connectivity index (χ0v) is 12.3. The molecule has 1 rings (SSSR count). The molecule has 1 aromatic carbocycles. The van der Waals surface area contributed by atoms with Crippen LogP contribution in [-0.2, 0) is 9.53 Å². The number of ketones is 1. The molecule has 19 heavy (non-hydrogen) atoms. The number of unbranched alkanes of at least 4 members (excludes halogenated alkanes) is 1. The Balaban J connectivity index is 2.47. The van der Waals surface area contributed by atoms with Crippen LogP contribution >= 0.6 is 23.2 Å². The van der Waals surface area contributed by atoms with E-state index in [9.17, 15) is 9.59 Å². The highest BCUT2D eigenvalue weighted by Crippen LogP contribution is 2.22. The Morgan fingerprint density at radius 2 is 1.95 bits per heavy atom. The summed E-state index contributed by atoms with van der Waals surface area (Å²) in [6, 6.07) is 4.69. The zero-order valence-electron chi connectivity index (χ0n) is 10.7. The molecule has 0 N–H and O–H groups in total. The maximum Gasteiger partial charge on any atom is 0.306 e.